The fourth-order valence-corrected chi connectivity index (χ4v) is 2.82. The first-order valence-electron chi connectivity index (χ1n) is 6.38. The second-order valence-electron chi connectivity index (χ2n) is 5.10. The number of hydrogen-bond donors (Lipinski definition) is 1. The van der Waals surface area contributed by atoms with Crippen LogP contribution < -0.4 is 0 Å². The van der Waals surface area contributed by atoms with Crippen LogP contribution in [0, 0.1) is 11.8 Å². The van der Waals surface area contributed by atoms with E-state index >= 15 is 0 Å². The van der Waals surface area contributed by atoms with Crippen molar-refractivity contribution in [1.82, 2.24) is 4.90 Å². The summed E-state index contributed by atoms with van der Waals surface area (Å²) in [7, 11) is 0. The SMILES string of the molecule is O=C(OCc1ccccc1)N1C[C@@H]2C[C@@H]2C1CO. The molecule has 2 fully saturated rings. The van der Waals surface area contributed by atoms with Crippen molar-refractivity contribution in [2.45, 2.75) is 19.1 Å². The summed E-state index contributed by atoms with van der Waals surface area (Å²) in [5.41, 5.74) is 0.982. The van der Waals surface area contributed by atoms with Gasteiger partial charge in [0.1, 0.15) is 6.61 Å². The lowest BCUT2D eigenvalue weighted by Crippen LogP contribution is -2.40. The molecule has 0 radical (unpaired) electrons. The van der Waals surface area contributed by atoms with Crippen LogP contribution in [0.1, 0.15) is 12.0 Å². The van der Waals surface area contributed by atoms with Crippen LogP contribution in [0.2, 0.25) is 0 Å². The number of ether oxygens (including phenoxy) is 1. The molecular weight excluding hydrogens is 230 g/mol. The molecule has 3 rings (SSSR count). The summed E-state index contributed by atoms with van der Waals surface area (Å²) in [6.07, 6.45) is 0.846. The van der Waals surface area contributed by atoms with E-state index in [1.54, 1.807) is 4.90 Å². The second kappa shape index (κ2) is 4.61. The highest BCUT2D eigenvalue weighted by Crippen LogP contribution is 2.49. The van der Waals surface area contributed by atoms with E-state index in [1.165, 1.54) is 0 Å². The van der Waals surface area contributed by atoms with Crippen molar-refractivity contribution in [3.63, 3.8) is 0 Å². The molecule has 1 aromatic carbocycles. The van der Waals surface area contributed by atoms with Gasteiger partial charge in [-0.1, -0.05) is 30.3 Å². The molecule has 0 aromatic heterocycles. The summed E-state index contributed by atoms with van der Waals surface area (Å²) in [6, 6.07) is 9.60. The van der Waals surface area contributed by atoms with Crippen molar-refractivity contribution in [2.75, 3.05) is 13.2 Å². The standard InChI is InChI=1S/C14H17NO3/c16-8-13-12-6-11(12)7-15(13)14(17)18-9-10-4-2-1-3-5-10/h1-5,11-13,16H,6-9H2/t11-,12-,13?/m0/s1. The Morgan fingerprint density at radius 2 is 2.17 bits per heavy atom. The second-order valence-corrected chi connectivity index (χ2v) is 5.10. The van der Waals surface area contributed by atoms with Gasteiger partial charge in [-0.25, -0.2) is 4.79 Å². The number of rotatable bonds is 3. The zero-order valence-electron chi connectivity index (χ0n) is 10.2. The maximum absolute atomic E-state index is 11.9. The van der Waals surface area contributed by atoms with Crippen LogP contribution in [-0.2, 0) is 11.3 Å². The van der Waals surface area contributed by atoms with E-state index < -0.39 is 0 Å². The number of amides is 1. The molecule has 4 nitrogen and oxygen atoms in total. The zero-order chi connectivity index (χ0) is 12.5. The number of piperidine rings is 1. The quantitative estimate of drug-likeness (QED) is 0.883. The summed E-state index contributed by atoms with van der Waals surface area (Å²) in [5, 5.41) is 9.32. The highest BCUT2D eigenvalue weighted by molar-refractivity contribution is 5.69. The third kappa shape index (κ3) is 2.08. The number of benzene rings is 1. The number of carbonyl (C=O) groups excluding carboxylic acids is 1. The lowest BCUT2D eigenvalue weighted by molar-refractivity contribution is 0.0713. The molecule has 1 heterocycles. The van der Waals surface area contributed by atoms with Crippen molar-refractivity contribution in [2.24, 2.45) is 11.8 Å². The molecule has 1 saturated carbocycles. The van der Waals surface area contributed by atoms with Crippen molar-refractivity contribution in [3.05, 3.63) is 35.9 Å². The predicted molar refractivity (Wildman–Crippen MR) is 65.8 cm³/mol. The lowest BCUT2D eigenvalue weighted by Gasteiger charge is -2.25. The molecule has 1 aliphatic heterocycles. The molecule has 0 bridgehead atoms. The molecule has 0 spiro atoms. The van der Waals surface area contributed by atoms with Gasteiger partial charge in [0.2, 0.25) is 0 Å². The Morgan fingerprint density at radius 3 is 2.89 bits per heavy atom. The molecule has 1 saturated heterocycles. The van der Waals surface area contributed by atoms with Crippen LogP contribution in [0.25, 0.3) is 0 Å². The molecule has 18 heavy (non-hydrogen) atoms. The van der Waals surface area contributed by atoms with E-state index in [9.17, 15) is 9.90 Å². The monoisotopic (exact) mass is 247 g/mol. The topological polar surface area (TPSA) is 49.8 Å². The number of likely N-dealkylation sites (tertiary alicyclic amines) is 1. The van der Waals surface area contributed by atoms with Gasteiger partial charge < -0.3 is 14.7 Å². The van der Waals surface area contributed by atoms with Gasteiger partial charge in [0.25, 0.3) is 0 Å². The lowest BCUT2D eigenvalue weighted by atomic mass is 10.2. The number of aliphatic hydroxyl groups excluding tert-OH is 1. The Kier molecular flexibility index (Phi) is 2.96. The smallest absolute Gasteiger partial charge is 0.410 e. The molecular formula is C14H17NO3. The minimum absolute atomic E-state index is 0.0294. The largest absolute Gasteiger partial charge is 0.445 e. The fraction of sp³-hybridized carbons (Fsp3) is 0.500. The van der Waals surface area contributed by atoms with E-state index in [4.69, 9.17) is 4.74 Å². The molecule has 1 N–H and O–H groups in total. The van der Waals surface area contributed by atoms with Gasteiger partial charge in [0, 0.05) is 6.54 Å². The highest BCUT2D eigenvalue weighted by Gasteiger charge is 2.54. The van der Waals surface area contributed by atoms with Crippen molar-refractivity contribution < 1.29 is 14.6 Å². The van der Waals surface area contributed by atoms with Crippen LogP contribution in [0.4, 0.5) is 4.79 Å². The van der Waals surface area contributed by atoms with Gasteiger partial charge in [0.05, 0.1) is 12.6 Å². The van der Waals surface area contributed by atoms with Gasteiger partial charge in [0.15, 0.2) is 0 Å². The third-order valence-corrected chi connectivity index (χ3v) is 3.93. The van der Waals surface area contributed by atoms with Crippen LogP contribution >= 0.6 is 0 Å². The van der Waals surface area contributed by atoms with Gasteiger partial charge >= 0.3 is 6.09 Å². The average Bonchev–Trinajstić information content (AvgIpc) is 3.09. The maximum Gasteiger partial charge on any atom is 0.410 e. The van der Waals surface area contributed by atoms with Crippen molar-refractivity contribution in [3.8, 4) is 0 Å². The van der Waals surface area contributed by atoms with Gasteiger partial charge in [-0.3, -0.25) is 0 Å². The van der Waals surface area contributed by atoms with Crippen LogP contribution in [0.3, 0.4) is 0 Å². The van der Waals surface area contributed by atoms with Gasteiger partial charge in [-0.2, -0.15) is 0 Å². The Hall–Kier alpha value is -1.55. The van der Waals surface area contributed by atoms with E-state index in [-0.39, 0.29) is 18.7 Å². The fourth-order valence-electron chi connectivity index (χ4n) is 2.82. The first-order valence-corrected chi connectivity index (χ1v) is 6.38. The van der Waals surface area contributed by atoms with E-state index in [2.05, 4.69) is 0 Å². The van der Waals surface area contributed by atoms with E-state index in [1.807, 2.05) is 30.3 Å². The Balaban J connectivity index is 1.56. The Morgan fingerprint density at radius 1 is 1.39 bits per heavy atom. The molecule has 4 heteroatoms. The highest BCUT2D eigenvalue weighted by atomic mass is 16.6. The molecule has 1 amide bonds. The zero-order valence-corrected chi connectivity index (χ0v) is 10.2. The predicted octanol–water partition coefficient (Wildman–Crippen LogP) is 1.64. The van der Waals surface area contributed by atoms with E-state index in [0.29, 0.717) is 18.4 Å². The first kappa shape index (κ1) is 11.5. The molecule has 1 unspecified atom stereocenters. The van der Waals surface area contributed by atoms with Gasteiger partial charge in [-0.15, -0.1) is 0 Å². The molecule has 3 atom stereocenters. The summed E-state index contributed by atoms with van der Waals surface area (Å²) < 4.78 is 5.29. The minimum Gasteiger partial charge on any atom is -0.445 e. The molecule has 2 aliphatic rings. The van der Waals surface area contributed by atoms with Crippen LogP contribution in [-0.4, -0.2) is 35.3 Å². The van der Waals surface area contributed by atoms with E-state index in [0.717, 1.165) is 18.5 Å². The van der Waals surface area contributed by atoms with Crippen LogP contribution in [0.15, 0.2) is 30.3 Å². The molecule has 1 aliphatic carbocycles. The number of carbonyl (C=O) groups is 1. The normalized spacial score (nSPS) is 28.9. The number of nitrogens with zero attached hydrogens (tertiary/aromatic N) is 1. The molecule has 96 valence electrons. The van der Waals surface area contributed by atoms with Crippen molar-refractivity contribution >= 4 is 6.09 Å². The van der Waals surface area contributed by atoms with Gasteiger partial charge in [-0.05, 0) is 23.8 Å². The Labute approximate surface area is 106 Å². The minimum atomic E-state index is -0.301. The summed E-state index contributed by atoms with van der Waals surface area (Å²) in [4.78, 5) is 13.6. The van der Waals surface area contributed by atoms with Crippen LogP contribution in [0.5, 0.6) is 0 Å². The first-order chi connectivity index (χ1) is 8.79. The van der Waals surface area contributed by atoms with Crippen molar-refractivity contribution in [1.29, 1.82) is 0 Å². The molecule has 1 aromatic rings. The maximum atomic E-state index is 11.9. The number of aliphatic hydroxyl groups is 1. The summed E-state index contributed by atoms with van der Waals surface area (Å²) in [6.45, 7) is 1.08. The summed E-state index contributed by atoms with van der Waals surface area (Å²) in [5.74, 6) is 1.09. The third-order valence-electron chi connectivity index (χ3n) is 3.93. The number of hydrogen-bond acceptors (Lipinski definition) is 3. The Bertz CT molecular complexity index is 434. The average molecular weight is 247 g/mol. The number of fused-ring (bicyclic) bond motifs is 1. The summed E-state index contributed by atoms with van der Waals surface area (Å²) >= 11 is 0.